The standard InChI is InChI=1S/C39H54N8O2.C18H21N3O2S.C2H6/c1-26(2)28(4)36-20-37(44-49-36)46-15-11-29(12-16-46)24-45-17-13-39(14-18-45)21-30(22-39)10-9-27(3)47-25-31(23-43-47)33(38(41)42)19-34(40)32-7-5-6-8-35(32)48;1-12(20-18(23)16-4-3-9-21(16)11-22)14-5-7-15(8-6-14)17-13(2)19-10-24-17;1-2/h5-8,19-20,23,25-30,48H,11-18,21-22,24,40-42H2,1-4H3;5-8,10-12,16H,3-4,9H2,1-2H3,(H,20,23);1-2H3/b34-19-;;. The maximum atomic E-state index is 12.4. The van der Waals surface area contributed by atoms with Crippen LogP contribution in [0.1, 0.15) is 146 Å². The minimum absolute atomic E-state index is 0.0746. The van der Waals surface area contributed by atoms with Gasteiger partial charge in [0.2, 0.25) is 12.3 Å². The van der Waals surface area contributed by atoms with E-state index in [9.17, 15) is 14.7 Å². The Kier molecular flexibility index (Phi) is 19.3. The summed E-state index contributed by atoms with van der Waals surface area (Å²) < 4.78 is 7.52. The minimum atomic E-state index is -0.330. The van der Waals surface area contributed by atoms with E-state index in [1.54, 1.807) is 46.7 Å². The molecule has 4 fully saturated rings. The highest BCUT2D eigenvalue weighted by molar-refractivity contribution is 7.13. The Morgan fingerprint density at radius 3 is 2.32 bits per heavy atom. The van der Waals surface area contributed by atoms with E-state index < -0.39 is 0 Å². The van der Waals surface area contributed by atoms with Gasteiger partial charge in [0, 0.05) is 72.7 Å². The van der Waals surface area contributed by atoms with Gasteiger partial charge in [-0.3, -0.25) is 14.3 Å². The molecule has 3 aromatic heterocycles. The van der Waals surface area contributed by atoms with Crippen molar-refractivity contribution in [3.05, 3.63) is 113 Å². The molecule has 3 aliphatic heterocycles. The number of phenols is 1. The van der Waals surface area contributed by atoms with Crippen LogP contribution in [0, 0.1) is 41.9 Å². The van der Waals surface area contributed by atoms with Crippen LogP contribution in [-0.2, 0) is 9.59 Å². The van der Waals surface area contributed by atoms with Crippen LogP contribution in [0.3, 0.4) is 0 Å². The van der Waals surface area contributed by atoms with Gasteiger partial charge in [-0.1, -0.05) is 88.0 Å². The molecule has 1 saturated carbocycles. The zero-order valence-electron chi connectivity index (χ0n) is 45.5. The Hall–Kier alpha value is -6.57. The molecule has 15 nitrogen and oxygen atoms in total. The number of nitrogens with zero attached hydrogens (tertiary/aromatic N) is 7. The molecule has 4 atom stereocenters. The third kappa shape index (κ3) is 14.0. The number of carbonyl (C=O) groups is 2. The normalized spacial score (nSPS) is 19.1. The number of nitrogens with one attached hydrogen (secondary N) is 1. The highest BCUT2D eigenvalue weighted by Crippen LogP contribution is 2.52. The maximum Gasteiger partial charge on any atom is 0.243 e. The number of piperidine rings is 2. The third-order valence-corrected chi connectivity index (χ3v) is 16.8. The monoisotopic (exact) mass is 1040 g/mol. The lowest BCUT2D eigenvalue weighted by atomic mass is 9.58. The van der Waals surface area contributed by atoms with Gasteiger partial charge in [0.05, 0.1) is 28.3 Å². The number of likely N-dealkylation sites (tertiary alicyclic amines) is 2. The topological polar surface area (TPSA) is 211 Å². The number of anilines is 1. The molecule has 1 spiro atoms. The number of aryl methyl sites for hydroxylation is 1. The van der Waals surface area contributed by atoms with Crippen LogP contribution in [0.4, 0.5) is 5.82 Å². The average molecular weight is 1040 g/mol. The highest BCUT2D eigenvalue weighted by Gasteiger charge is 2.45. The van der Waals surface area contributed by atoms with Crippen molar-refractivity contribution in [2.24, 2.45) is 40.4 Å². The molecule has 3 saturated heterocycles. The number of para-hydroxylation sites is 1. The van der Waals surface area contributed by atoms with Crippen molar-refractivity contribution in [2.45, 2.75) is 131 Å². The number of benzene rings is 2. The first-order valence-electron chi connectivity index (χ1n) is 27.1. The van der Waals surface area contributed by atoms with Crippen LogP contribution < -0.4 is 27.4 Å². The summed E-state index contributed by atoms with van der Waals surface area (Å²) in [4.78, 5) is 35.5. The molecule has 75 heavy (non-hydrogen) atoms. The number of thiazole rings is 1. The molecule has 402 valence electrons. The molecule has 4 unspecified atom stereocenters. The Morgan fingerprint density at radius 2 is 1.68 bits per heavy atom. The quantitative estimate of drug-likeness (QED) is 0.0400. The van der Waals surface area contributed by atoms with Crippen molar-refractivity contribution < 1.29 is 19.2 Å². The highest BCUT2D eigenvalue weighted by atomic mass is 32.1. The van der Waals surface area contributed by atoms with Gasteiger partial charge in [-0.25, -0.2) is 4.98 Å². The van der Waals surface area contributed by atoms with Crippen LogP contribution in [0.25, 0.3) is 21.7 Å². The second kappa shape index (κ2) is 25.8. The summed E-state index contributed by atoms with van der Waals surface area (Å²) in [6.45, 7) is 23.1. The van der Waals surface area contributed by atoms with Gasteiger partial charge in [0.15, 0.2) is 5.82 Å². The molecule has 8 N–H and O–H groups in total. The van der Waals surface area contributed by atoms with E-state index in [1.807, 2.05) is 62.3 Å². The third-order valence-electron chi connectivity index (χ3n) is 15.8. The minimum Gasteiger partial charge on any atom is -0.507 e. The molecule has 0 bridgehead atoms. The zero-order chi connectivity index (χ0) is 53.8. The van der Waals surface area contributed by atoms with Gasteiger partial charge in [-0.15, -0.1) is 11.3 Å². The lowest BCUT2D eigenvalue weighted by molar-refractivity contribution is -0.131. The summed E-state index contributed by atoms with van der Waals surface area (Å²) in [5.74, 6) is 11.3. The first kappa shape index (κ1) is 56.2. The zero-order valence-corrected chi connectivity index (χ0v) is 46.3. The molecule has 2 amide bonds. The van der Waals surface area contributed by atoms with Crippen LogP contribution in [0.2, 0.25) is 0 Å². The van der Waals surface area contributed by atoms with Crippen LogP contribution in [0.15, 0.2) is 88.9 Å². The maximum absolute atomic E-state index is 12.4. The number of carbonyl (C=O) groups excluding carboxylic acids is 2. The predicted octanol–water partition coefficient (Wildman–Crippen LogP) is 9.84. The molecule has 0 radical (unpaired) electrons. The van der Waals surface area contributed by atoms with Crippen LogP contribution >= 0.6 is 11.3 Å². The molecule has 16 heteroatoms. The Labute approximate surface area is 449 Å². The van der Waals surface area contributed by atoms with Crippen molar-refractivity contribution in [1.29, 1.82) is 0 Å². The van der Waals surface area contributed by atoms with Crippen molar-refractivity contribution in [3.63, 3.8) is 0 Å². The van der Waals surface area contributed by atoms with Crippen LogP contribution in [-0.4, -0.2) is 92.5 Å². The van der Waals surface area contributed by atoms with E-state index in [0.29, 0.717) is 46.5 Å². The van der Waals surface area contributed by atoms with Crippen molar-refractivity contribution in [3.8, 4) is 28.0 Å². The summed E-state index contributed by atoms with van der Waals surface area (Å²) in [7, 11) is 0. The van der Waals surface area contributed by atoms with Gasteiger partial charge in [-0.2, -0.15) is 5.10 Å². The van der Waals surface area contributed by atoms with Crippen molar-refractivity contribution in [1.82, 2.24) is 35.0 Å². The van der Waals surface area contributed by atoms with E-state index in [0.717, 1.165) is 72.2 Å². The molecule has 2 aromatic carbocycles. The number of amides is 2. The fraction of sp³-hybridized carbons (Fsp3) is 0.508. The summed E-state index contributed by atoms with van der Waals surface area (Å²) in [6.07, 6.45) is 15.1. The van der Waals surface area contributed by atoms with E-state index in [4.69, 9.17) is 21.7 Å². The SMILES string of the molecule is CC.CC(C)C(C)c1cc(N2CCC(CN3CCC4(CC3)CC(C#CC(C)n3cc(C(/C=C(\N)c5ccccc5O)=C(N)N)cn3)C4)CC2)no1.Cc1ncsc1-c1ccc(C(C)NC(=O)C2CCCN2C=O)cc1. The lowest BCUT2D eigenvalue weighted by Gasteiger charge is -2.51. The van der Waals surface area contributed by atoms with Crippen molar-refractivity contribution in [2.75, 3.05) is 44.2 Å². The van der Waals surface area contributed by atoms with Gasteiger partial charge in [0.25, 0.3) is 0 Å². The van der Waals surface area contributed by atoms with Crippen LogP contribution in [0.5, 0.6) is 5.75 Å². The Balaban J connectivity index is 0.000000263. The number of aromatic nitrogens is 4. The molecular formula is C59H81N11O4S. The van der Waals surface area contributed by atoms with E-state index in [-0.39, 0.29) is 35.6 Å². The Morgan fingerprint density at radius 1 is 0.973 bits per heavy atom. The van der Waals surface area contributed by atoms with Gasteiger partial charge < -0.3 is 46.8 Å². The number of rotatable bonds is 14. The first-order valence-corrected chi connectivity index (χ1v) is 28.0. The molecule has 5 aromatic rings. The second-order valence-electron chi connectivity index (χ2n) is 21.2. The number of nitrogens with two attached hydrogens (primary N) is 3. The van der Waals surface area contributed by atoms with Crippen molar-refractivity contribution >= 4 is 40.7 Å². The van der Waals surface area contributed by atoms with E-state index in [1.165, 1.54) is 63.0 Å². The summed E-state index contributed by atoms with van der Waals surface area (Å²) in [5.41, 5.74) is 26.1. The number of aromatic hydroxyl groups is 1. The molecule has 9 rings (SSSR count). The lowest BCUT2D eigenvalue weighted by Crippen LogP contribution is -2.48. The largest absolute Gasteiger partial charge is 0.507 e. The number of hydrogen-bond donors (Lipinski definition) is 5. The fourth-order valence-corrected chi connectivity index (χ4v) is 11.6. The number of hydrogen-bond acceptors (Lipinski definition) is 13. The molecular weight excluding hydrogens is 959 g/mol. The molecule has 6 heterocycles. The first-order chi connectivity index (χ1) is 36.1. The molecule has 4 aliphatic rings. The van der Waals surface area contributed by atoms with Gasteiger partial charge >= 0.3 is 0 Å². The Bertz CT molecular complexity index is 2770. The van der Waals surface area contributed by atoms with E-state index in [2.05, 4.69) is 88.1 Å². The second-order valence-corrected chi connectivity index (χ2v) is 22.1. The summed E-state index contributed by atoms with van der Waals surface area (Å²) >= 11 is 1.63. The van der Waals surface area contributed by atoms with E-state index >= 15 is 0 Å². The molecule has 1 aliphatic carbocycles. The smallest absolute Gasteiger partial charge is 0.243 e. The predicted molar refractivity (Wildman–Crippen MR) is 302 cm³/mol. The summed E-state index contributed by atoms with van der Waals surface area (Å²) in [5, 5.41) is 22.1. The fourth-order valence-electron chi connectivity index (χ4n) is 10.8. The number of allylic oxidation sites excluding steroid dienone is 2. The average Bonchev–Trinajstić information content (AvgIpc) is 4.27. The van der Waals surface area contributed by atoms with Gasteiger partial charge in [-0.05, 0) is 132 Å². The summed E-state index contributed by atoms with van der Waals surface area (Å²) in [6, 6.07) is 16.7. The van der Waals surface area contributed by atoms with Gasteiger partial charge in [0.1, 0.15) is 29.4 Å². The number of phenolic OH excluding ortho intramolecular Hbond substituents is 1.